The van der Waals surface area contributed by atoms with Crippen LogP contribution in [0.25, 0.3) is 0 Å². The first kappa shape index (κ1) is 29.4. The lowest BCUT2D eigenvalue weighted by atomic mass is 9.99. The van der Waals surface area contributed by atoms with Gasteiger partial charge < -0.3 is 29.0 Å². The maximum absolute atomic E-state index is 13.0. The molecule has 2 amide bonds. The average Bonchev–Trinajstić information content (AvgIpc) is 3.08. The number of ether oxygens (including phenoxy) is 5. The molecule has 0 radical (unpaired) electrons. The fraction of sp³-hybridized carbons (Fsp3) is 0.478. The maximum atomic E-state index is 13.0. The molecule has 0 bridgehead atoms. The van der Waals surface area contributed by atoms with Crippen LogP contribution in [-0.4, -0.2) is 73.1 Å². The number of amides is 2. The fourth-order valence-corrected chi connectivity index (χ4v) is 3.78. The average molecular weight is 543 g/mol. The van der Waals surface area contributed by atoms with Crippen molar-refractivity contribution in [3.8, 4) is 0 Å². The zero-order valence-electron chi connectivity index (χ0n) is 20.7. The summed E-state index contributed by atoms with van der Waals surface area (Å²) in [5.74, 6) is -4.08. The van der Waals surface area contributed by atoms with Crippen molar-refractivity contribution in [3.05, 3.63) is 29.3 Å². The highest BCUT2D eigenvalue weighted by molar-refractivity contribution is 6.30. The van der Waals surface area contributed by atoms with Crippen LogP contribution >= 0.6 is 11.6 Å². The minimum Gasteiger partial charge on any atom is -0.462 e. The van der Waals surface area contributed by atoms with Crippen LogP contribution < -0.4 is 10.2 Å². The summed E-state index contributed by atoms with van der Waals surface area (Å²) in [7, 11) is 0. The zero-order valence-corrected chi connectivity index (χ0v) is 21.5. The van der Waals surface area contributed by atoms with Crippen LogP contribution in [0.2, 0.25) is 5.02 Å². The number of halogens is 1. The van der Waals surface area contributed by atoms with Crippen LogP contribution in [0.3, 0.4) is 0 Å². The van der Waals surface area contributed by atoms with Gasteiger partial charge in [0.05, 0.1) is 0 Å². The third kappa shape index (κ3) is 8.34. The second-order valence-corrected chi connectivity index (χ2v) is 8.36. The molecule has 1 N–H and O–H groups in total. The van der Waals surface area contributed by atoms with Gasteiger partial charge in [-0.2, -0.15) is 0 Å². The first-order chi connectivity index (χ1) is 17.3. The summed E-state index contributed by atoms with van der Waals surface area (Å²) in [6.07, 6.45) is -6.06. The van der Waals surface area contributed by atoms with Crippen molar-refractivity contribution in [2.75, 3.05) is 11.5 Å². The molecular weight excluding hydrogens is 516 g/mol. The van der Waals surface area contributed by atoms with E-state index in [1.165, 1.54) is 24.3 Å². The fourth-order valence-electron chi connectivity index (χ4n) is 3.66. The molecule has 0 aromatic heterocycles. The van der Waals surface area contributed by atoms with E-state index < -0.39 is 73.1 Å². The van der Waals surface area contributed by atoms with Crippen LogP contribution in [0.5, 0.6) is 0 Å². The SMILES string of the molecule is CC(=O)OC[C@@H](OC(C)=O)[C@@H](OC(C)=O)[C@H](OC(C)=O)[C@H]1NC(=O)N(c2ccc(Cl)cc2)[C@@H]1OC(C)=O. The van der Waals surface area contributed by atoms with E-state index in [1.54, 1.807) is 0 Å². The minimum atomic E-state index is -1.60. The molecule has 2 rings (SSSR count). The molecule has 1 aliphatic heterocycles. The van der Waals surface area contributed by atoms with Gasteiger partial charge in [-0.3, -0.25) is 28.9 Å². The van der Waals surface area contributed by atoms with Gasteiger partial charge in [0.1, 0.15) is 12.6 Å². The summed E-state index contributed by atoms with van der Waals surface area (Å²) >= 11 is 5.94. The second kappa shape index (κ2) is 12.9. The monoisotopic (exact) mass is 542 g/mol. The molecule has 14 heteroatoms. The highest BCUT2D eigenvalue weighted by Gasteiger charge is 2.53. The van der Waals surface area contributed by atoms with Crippen LogP contribution in [0.15, 0.2) is 24.3 Å². The summed E-state index contributed by atoms with van der Waals surface area (Å²) in [6.45, 7) is 4.79. The third-order valence-electron chi connectivity index (χ3n) is 4.88. The predicted molar refractivity (Wildman–Crippen MR) is 125 cm³/mol. The van der Waals surface area contributed by atoms with E-state index in [2.05, 4.69) is 5.32 Å². The summed E-state index contributed by atoms with van der Waals surface area (Å²) in [6, 6.07) is 3.91. The molecule has 1 aliphatic rings. The van der Waals surface area contributed by atoms with Gasteiger partial charge in [-0.25, -0.2) is 4.79 Å². The summed E-state index contributed by atoms with van der Waals surface area (Å²) in [4.78, 5) is 73.5. The van der Waals surface area contributed by atoms with Crippen molar-refractivity contribution in [3.63, 3.8) is 0 Å². The number of esters is 5. The Bertz CT molecular complexity index is 1050. The molecule has 0 spiro atoms. The largest absolute Gasteiger partial charge is 0.462 e. The highest BCUT2D eigenvalue weighted by Crippen LogP contribution is 2.30. The zero-order chi connectivity index (χ0) is 27.9. The molecular formula is C23H27ClN2O11. The van der Waals surface area contributed by atoms with Crippen molar-refractivity contribution in [2.24, 2.45) is 0 Å². The number of carbonyl (C=O) groups excluding carboxylic acids is 6. The second-order valence-electron chi connectivity index (χ2n) is 7.92. The molecule has 37 heavy (non-hydrogen) atoms. The normalized spacial score (nSPS) is 19.1. The Balaban J connectivity index is 2.61. The summed E-state index contributed by atoms with van der Waals surface area (Å²) < 4.78 is 26.4. The predicted octanol–water partition coefficient (Wildman–Crippen LogP) is 1.49. The van der Waals surface area contributed by atoms with Gasteiger partial charge in [0.2, 0.25) is 6.23 Å². The molecule has 13 nitrogen and oxygen atoms in total. The number of carbonyl (C=O) groups is 6. The summed E-state index contributed by atoms with van der Waals surface area (Å²) in [5, 5.41) is 2.95. The van der Waals surface area contributed by atoms with E-state index in [0.717, 1.165) is 39.5 Å². The Morgan fingerprint density at radius 2 is 1.43 bits per heavy atom. The number of nitrogens with one attached hydrogen (secondary N) is 1. The molecule has 0 saturated carbocycles. The van der Waals surface area contributed by atoms with Gasteiger partial charge >= 0.3 is 35.9 Å². The van der Waals surface area contributed by atoms with E-state index in [0.29, 0.717) is 5.02 Å². The number of hydrogen-bond donors (Lipinski definition) is 1. The van der Waals surface area contributed by atoms with E-state index in [4.69, 9.17) is 35.3 Å². The lowest BCUT2D eigenvalue weighted by Gasteiger charge is -2.36. The quantitative estimate of drug-likeness (QED) is 0.336. The van der Waals surface area contributed by atoms with Gasteiger partial charge in [-0.15, -0.1) is 0 Å². The third-order valence-corrected chi connectivity index (χ3v) is 5.13. The van der Waals surface area contributed by atoms with Gasteiger partial charge in [-0.05, 0) is 24.3 Å². The Labute approximate surface area is 217 Å². The molecule has 0 aliphatic carbocycles. The number of nitrogens with zero attached hydrogens (tertiary/aromatic N) is 1. The van der Waals surface area contributed by atoms with Gasteiger partial charge in [-0.1, -0.05) is 11.6 Å². The van der Waals surface area contributed by atoms with Crippen molar-refractivity contribution < 1.29 is 52.5 Å². The van der Waals surface area contributed by atoms with Crippen molar-refractivity contribution in [1.82, 2.24) is 5.32 Å². The standard InChI is InChI=1S/C23H27ClN2O11/c1-11(27)33-10-18(34-12(2)28)20(35-13(3)29)21(36-14(4)30)19-22(37-15(5)31)26(23(32)25-19)17-8-6-16(24)7-9-17/h6-9,18-22H,10H2,1-5H3,(H,25,32)/t18-,19-,20-,21-,22-/m1/s1. The Kier molecular flexibility index (Phi) is 10.2. The van der Waals surface area contributed by atoms with E-state index in [-0.39, 0.29) is 5.69 Å². The molecule has 1 saturated heterocycles. The highest BCUT2D eigenvalue weighted by atomic mass is 35.5. The number of anilines is 1. The number of urea groups is 1. The van der Waals surface area contributed by atoms with Crippen LogP contribution in [0, 0.1) is 0 Å². The van der Waals surface area contributed by atoms with Gasteiger partial charge in [0.15, 0.2) is 18.3 Å². The smallest absolute Gasteiger partial charge is 0.325 e. The Morgan fingerprint density at radius 3 is 1.92 bits per heavy atom. The molecule has 1 heterocycles. The molecule has 1 aromatic carbocycles. The van der Waals surface area contributed by atoms with Crippen molar-refractivity contribution >= 4 is 53.2 Å². The Morgan fingerprint density at radius 1 is 0.865 bits per heavy atom. The molecule has 5 atom stereocenters. The first-order valence-corrected chi connectivity index (χ1v) is 11.4. The van der Waals surface area contributed by atoms with E-state index in [9.17, 15) is 28.8 Å². The van der Waals surface area contributed by atoms with Crippen molar-refractivity contribution in [1.29, 1.82) is 0 Å². The van der Waals surface area contributed by atoms with E-state index >= 15 is 0 Å². The van der Waals surface area contributed by atoms with E-state index in [1.807, 2.05) is 0 Å². The van der Waals surface area contributed by atoms with Crippen LogP contribution in [-0.2, 0) is 47.7 Å². The minimum absolute atomic E-state index is 0.276. The van der Waals surface area contributed by atoms with Crippen molar-refractivity contribution in [2.45, 2.75) is 65.2 Å². The number of benzene rings is 1. The summed E-state index contributed by atoms with van der Waals surface area (Å²) in [5.41, 5.74) is 0.276. The van der Waals surface area contributed by atoms with Gasteiger partial charge in [0.25, 0.3) is 0 Å². The lowest BCUT2D eigenvalue weighted by Crippen LogP contribution is -2.58. The lowest BCUT2D eigenvalue weighted by molar-refractivity contribution is -0.194. The molecule has 202 valence electrons. The molecule has 0 unspecified atom stereocenters. The van der Waals surface area contributed by atoms with Crippen LogP contribution in [0.1, 0.15) is 34.6 Å². The van der Waals surface area contributed by atoms with Crippen LogP contribution in [0.4, 0.5) is 10.5 Å². The molecule has 1 fully saturated rings. The first-order valence-electron chi connectivity index (χ1n) is 11.0. The topological polar surface area (TPSA) is 164 Å². The Hall–Kier alpha value is -3.87. The van der Waals surface area contributed by atoms with Gasteiger partial charge in [0, 0.05) is 45.3 Å². The maximum Gasteiger partial charge on any atom is 0.325 e. The molecule has 1 aromatic rings. The number of hydrogen-bond acceptors (Lipinski definition) is 11. The number of rotatable bonds is 10.